The molecule has 1 aromatic carbocycles. The smallest absolute Gasteiger partial charge is 0.137 e. The van der Waals surface area contributed by atoms with E-state index < -0.39 is 0 Å². The molecule has 2 fully saturated rings. The van der Waals surface area contributed by atoms with Gasteiger partial charge in [0.2, 0.25) is 0 Å². The third kappa shape index (κ3) is 3.73. The molecule has 0 atom stereocenters. The van der Waals surface area contributed by atoms with E-state index in [2.05, 4.69) is 9.88 Å². The van der Waals surface area contributed by atoms with Crippen LogP contribution in [-0.2, 0) is 0 Å². The maximum absolute atomic E-state index is 6.36. The van der Waals surface area contributed by atoms with Gasteiger partial charge in [-0.05, 0) is 44.0 Å². The van der Waals surface area contributed by atoms with E-state index >= 15 is 0 Å². The van der Waals surface area contributed by atoms with Crippen LogP contribution in [0.1, 0.15) is 43.0 Å². The number of nitrogens with zero attached hydrogens (tertiary/aromatic N) is 3. The van der Waals surface area contributed by atoms with Crippen molar-refractivity contribution in [2.75, 3.05) is 25.1 Å². The first kappa shape index (κ1) is 17.4. The molecule has 0 N–H and O–H groups in total. The molecule has 1 aromatic heterocycles. The molecule has 26 heavy (non-hydrogen) atoms. The highest BCUT2D eigenvalue weighted by Crippen LogP contribution is 2.40. The SMILES string of the molecule is COc1ccc(OC2CCN(c3nc(C4CC4)nc(Cl)c3C)CC2)cc1. The summed E-state index contributed by atoms with van der Waals surface area (Å²) in [5, 5.41) is 0.591. The highest BCUT2D eigenvalue weighted by atomic mass is 35.5. The monoisotopic (exact) mass is 373 g/mol. The van der Waals surface area contributed by atoms with Crippen LogP contribution in [0.2, 0.25) is 5.15 Å². The Bertz CT molecular complexity index is 769. The minimum atomic E-state index is 0.222. The van der Waals surface area contributed by atoms with Crippen molar-refractivity contribution in [1.29, 1.82) is 0 Å². The first-order chi connectivity index (χ1) is 12.6. The number of methoxy groups -OCH3 is 1. The quantitative estimate of drug-likeness (QED) is 0.728. The zero-order valence-corrected chi connectivity index (χ0v) is 16.0. The lowest BCUT2D eigenvalue weighted by Crippen LogP contribution is -2.39. The summed E-state index contributed by atoms with van der Waals surface area (Å²) in [6, 6.07) is 7.77. The maximum Gasteiger partial charge on any atom is 0.137 e. The van der Waals surface area contributed by atoms with E-state index in [9.17, 15) is 0 Å². The van der Waals surface area contributed by atoms with Crippen molar-refractivity contribution in [1.82, 2.24) is 9.97 Å². The van der Waals surface area contributed by atoms with Crippen molar-refractivity contribution in [2.24, 2.45) is 0 Å². The average molecular weight is 374 g/mol. The molecular formula is C20H24ClN3O2. The van der Waals surface area contributed by atoms with E-state index in [1.165, 1.54) is 12.8 Å². The number of ether oxygens (including phenoxy) is 2. The topological polar surface area (TPSA) is 47.5 Å². The average Bonchev–Trinajstić information content (AvgIpc) is 3.50. The Morgan fingerprint density at radius 3 is 2.27 bits per heavy atom. The lowest BCUT2D eigenvalue weighted by atomic mass is 10.1. The number of halogens is 1. The van der Waals surface area contributed by atoms with Crippen molar-refractivity contribution < 1.29 is 9.47 Å². The summed E-state index contributed by atoms with van der Waals surface area (Å²) in [6.07, 6.45) is 4.51. The van der Waals surface area contributed by atoms with Crippen LogP contribution in [-0.4, -0.2) is 36.3 Å². The number of hydrogen-bond donors (Lipinski definition) is 0. The Hall–Kier alpha value is -2.01. The summed E-state index contributed by atoms with van der Waals surface area (Å²) in [5.41, 5.74) is 0.977. The Morgan fingerprint density at radius 1 is 1.00 bits per heavy atom. The molecule has 2 aliphatic rings. The Balaban J connectivity index is 1.40. The molecule has 2 heterocycles. The Labute approximate surface area is 159 Å². The van der Waals surface area contributed by atoms with E-state index in [4.69, 9.17) is 26.1 Å². The minimum Gasteiger partial charge on any atom is -0.497 e. The number of rotatable bonds is 5. The van der Waals surface area contributed by atoms with Crippen LogP contribution in [0, 0.1) is 6.92 Å². The van der Waals surface area contributed by atoms with E-state index in [-0.39, 0.29) is 6.10 Å². The molecule has 0 amide bonds. The van der Waals surface area contributed by atoms with Crippen LogP contribution < -0.4 is 14.4 Å². The predicted molar refractivity (Wildman–Crippen MR) is 103 cm³/mol. The van der Waals surface area contributed by atoms with Gasteiger partial charge in [0, 0.05) is 37.4 Å². The van der Waals surface area contributed by atoms with Crippen LogP contribution >= 0.6 is 11.6 Å². The molecule has 138 valence electrons. The zero-order valence-electron chi connectivity index (χ0n) is 15.2. The van der Waals surface area contributed by atoms with Gasteiger partial charge in [0.25, 0.3) is 0 Å². The molecule has 1 saturated carbocycles. The second kappa shape index (κ2) is 7.31. The van der Waals surface area contributed by atoms with Crippen LogP contribution in [0.4, 0.5) is 5.82 Å². The fourth-order valence-corrected chi connectivity index (χ4v) is 3.53. The van der Waals surface area contributed by atoms with Gasteiger partial charge < -0.3 is 14.4 Å². The van der Waals surface area contributed by atoms with Crippen molar-refractivity contribution in [3.63, 3.8) is 0 Å². The van der Waals surface area contributed by atoms with E-state index in [0.717, 1.165) is 54.6 Å². The number of hydrogen-bond acceptors (Lipinski definition) is 5. The molecule has 0 radical (unpaired) electrons. The van der Waals surface area contributed by atoms with E-state index in [1.54, 1.807) is 7.11 Å². The van der Waals surface area contributed by atoms with Crippen LogP contribution in [0.5, 0.6) is 11.5 Å². The van der Waals surface area contributed by atoms with Gasteiger partial charge in [0.15, 0.2) is 0 Å². The van der Waals surface area contributed by atoms with Crippen LogP contribution in [0.3, 0.4) is 0 Å². The van der Waals surface area contributed by atoms with Crippen LogP contribution in [0.15, 0.2) is 24.3 Å². The highest BCUT2D eigenvalue weighted by molar-refractivity contribution is 6.30. The molecule has 4 rings (SSSR count). The van der Waals surface area contributed by atoms with Crippen molar-refractivity contribution in [3.05, 3.63) is 40.8 Å². The maximum atomic E-state index is 6.36. The molecule has 0 spiro atoms. The zero-order chi connectivity index (χ0) is 18.1. The summed E-state index contributed by atoms with van der Waals surface area (Å²) in [4.78, 5) is 11.6. The van der Waals surface area contributed by atoms with Gasteiger partial charge in [-0.3, -0.25) is 0 Å². The highest BCUT2D eigenvalue weighted by Gasteiger charge is 2.30. The Kier molecular flexibility index (Phi) is 4.90. The molecule has 0 unspecified atom stereocenters. The molecule has 1 saturated heterocycles. The minimum absolute atomic E-state index is 0.222. The molecular weight excluding hydrogens is 350 g/mol. The van der Waals surface area contributed by atoms with Gasteiger partial charge in [-0.15, -0.1) is 0 Å². The standard InChI is InChI=1S/C20H24ClN3O2/c1-13-18(21)22-19(14-3-4-14)23-20(13)24-11-9-17(10-12-24)26-16-7-5-15(25-2)6-8-16/h5-8,14,17H,3-4,9-12H2,1-2H3. The second-order valence-corrected chi connectivity index (χ2v) is 7.43. The summed E-state index contributed by atoms with van der Waals surface area (Å²) < 4.78 is 11.3. The van der Waals surface area contributed by atoms with Crippen molar-refractivity contribution >= 4 is 17.4 Å². The molecule has 0 bridgehead atoms. The van der Waals surface area contributed by atoms with Crippen LogP contribution in [0.25, 0.3) is 0 Å². The van der Waals surface area contributed by atoms with E-state index in [0.29, 0.717) is 11.1 Å². The van der Waals surface area contributed by atoms with Gasteiger partial charge >= 0.3 is 0 Å². The first-order valence-electron chi connectivity index (χ1n) is 9.23. The third-order valence-electron chi connectivity index (χ3n) is 5.12. The molecule has 2 aromatic rings. The fourth-order valence-electron chi connectivity index (χ4n) is 3.36. The van der Waals surface area contributed by atoms with Gasteiger partial charge in [-0.25, -0.2) is 9.97 Å². The Morgan fingerprint density at radius 2 is 1.65 bits per heavy atom. The van der Waals surface area contributed by atoms with E-state index in [1.807, 2.05) is 31.2 Å². The third-order valence-corrected chi connectivity index (χ3v) is 5.49. The molecule has 6 heteroatoms. The number of piperidine rings is 1. The fraction of sp³-hybridized carbons (Fsp3) is 0.500. The van der Waals surface area contributed by atoms with Gasteiger partial charge in [-0.2, -0.15) is 0 Å². The lowest BCUT2D eigenvalue weighted by molar-refractivity contribution is 0.170. The van der Waals surface area contributed by atoms with Gasteiger partial charge in [-0.1, -0.05) is 11.6 Å². The normalized spacial score (nSPS) is 18.0. The lowest BCUT2D eigenvalue weighted by Gasteiger charge is -2.34. The number of aromatic nitrogens is 2. The second-order valence-electron chi connectivity index (χ2n) is 7.08. The van der Waals surface area contributed by atoms with Crippen molar-refractivity contribution in [2.45, 2.75) is 44.6 Å². The first-order valence-corrected chi connectivity index (χ1v) is 9.61. The summed E-state index contributed by atoms with van der Waals surface area (Å²) in [6.45, 7) is 3.84. The number of anilines is 1. The largest absolute Gasteiger partial charge is 0.497 e. The van der Waals surface area contributed by atoms with Crippen molar-refractivity contribution in [3.8, 4) is 11.5 Å². The summed E-state index contributed by atoms with van der Waals surface area (Å²) in [7, 11) is 1.67. The van der Waals surface area contributed by atoms with Gasteiger partial charge in [0.05, 0.1) is 7.11 Å². The summed E-state index contributed by atoms with van der Waals surface area (Å²) in [5.74, 6) is 4.14. The van der Waals surface area contributed by atoms with Gasteiger partial charge in [0.1, 0.15) is 34.4 Å². The molecule has 1 aliphatic carbocycles. The predicted octanol–water partition coefficient (Wildman–Crippen LogP) is 4.37. The summed E-state index contributed by atoms with van der Waals surface area (Å²) >= 11 is 6.36. The molecule has 1 aliphatic heterocycles. The number of benzene rings is 1. The molecule has 5 nitrogen and oxygen atoms in total.